The summed E-state index contributed by atoms with van der Waals surface area (Å²) in [6.45, 7) is 0.611. The molecule has 0 spiro atoms. The third-order valence-electron chi connectivity index (χ3n) is 2.78. The summed E-state index contributed by atoms with van der Waals surface area (Å²) in [5, 5.41) is 3.26. The van der Waals surface area contributed by atoms with Crippen LogP contribution in [0.3, 0.4) is 0 Å². The summed E-state index contributed by atoms with van der Waals surface area (Å²) < 4.78 is 18.3. The van der Waals surface area contributed by atoms with E-state index in [1.807, 2.05) is 36.4 Å². The van der Waals surface area contributed by atoms with Gasteiger partial charge in [0.2, 0.25) is 0 Å². The molecule has 104 valence electrons. The minimum atomic E-state index is -0.415. The molecular weight excluding hydrogens is 277 g/mol. The Morgan fingerprint density at radius 2 is 2.05 bits per heavy atom. The molecule has 2 nitrogen and oxygen atoms in total. The molecule has 0 radical (unpaired) electrons. The topological polar surface area (TPSA) is 21.3 Å². The van der Waals surface area contributed by atoms with Gasteiger partial charge in [0, 0.05) is 17.8 Å². The lowest BCUT2D eigenvalue weighted by Gasteiger charge is -2.05. The second-order valence-corrected chi connectivity index (χ2v) is 4.56. The molecule has 0 aromatic heterocycles. The van der Waals surface area contributed by atoms with Crippen molar-refractivity contribution in [3.8, 4) is 5.75 Å². The van der Waals surface area contributed by atoms with E-state index >= 15 is 0 Å². The van der Waals surface area contributed by atoms with Crippen LogP contribution in [0.5, 0.6) is 5.75 Å². The zero-order chi connectivity index (χ0) is 14.4. The molecule has 0 aliphatic rings. The second kappa shape index (κ2) is 6.96. The number of nitrogens with one attached hydrogen (secondary N) is 1. The fraction of sp³-hybridized carbons (Fsp3) is 0.125. The number of halogens is 2. The van der Waals surface area contributed by atoms with Crippen LogP contribution in [0.15, 0.2) is 48.5 Å². The van der Waals surface area contributed by atoms with Crippen molar-refractivity contribution in [3.05, 3.63) is 64.9 Å². The summed E-state index contributed by atoms with van der Waals surface area (Å²) in [5.74, 6) is 0.412. The predicted molar refractivity (Wildman–Crippen MR) is 81.9 cm³/mol. The predicted octanol–water partition coefficient (Wildman–Crippen LogP) is 4.61. The van der Waals surface area contributed by atoms with Crippen molar-refractivity contribution >= 4 is 23.4 Å². The fourth-order valence-corrected chi connectivity index (χ4v) is 1.95. The van der Waals surface area contributed by atoms with E-state index in [2.05, 4.69) is 5.32 Å². The summed E-state index contributed by atoms with van der Waals surface area (Å²) >= 11 is 5.71. The maximum Gasteiger partial charge on any atom is 0.141 e. The van der Waals surface area contributed by atoms with Crippen molar-refractivity contribution in [1.82, 2.24) is 0 Å². The first-order chi connectivity index (χ1) is 9.70. The molecule has 0 aliphatic carbocycles. The Kier molecular flexibility index (Phi) is 5.02. The molecule has 0 aliphatic heterocycles. The van der Waals surface area contributed by atoms with Gasteiger partial charge in [-0.25, -0.2) is 4.39 Å². The minimum absolute atomic E-state index is 0.115. The summed E-state index contributed by atoms with van der Waals surface area (Å²) in [6.07, 6.45) is 3.94. The smallest absolute Gasteiger partial charge is 0.141 e. The third kappa shape index (κ3) is 3.75. The maximum atomic E-state index is 13.0. The van der Waals surface area contributed by atoms with E-state index in [1.54, 1.807) is 19.2 Å². The van der Waals surface area contributed by atoms with Crippen LogP contribution in [0.2, 0.25) is 5.02 Å². The van der Waals surface area contributed by atoms with Crippen LogP contribution in [0, 0.1) is 5.82 Å². The first-order valence-electron chi connectivity index (χ1n) is 6.19. The Balaban J connectivity index is 1.95. The highest BCUT2D eigenvalue weighted by atomic mass is 35.5. The lowest BCUT2D eigenvalue weighted by molar-refractivity contribution is 0.414. The van der Waals surface area contributed by atoms with Crippen molar-refractivity contribution in [2.45, 2.75) is 0 Å². The van der Waals surface area contributed by atoms with E-state index in [0.717, 1.165) is 17.0 Å². The van der Waals surface area contributed by atoms with Crippen LogP contribution in [0.1, 0.15) is 5.56 Å². The molecule has 2 rings (SSSR count). The average Bonchev–Trinajstić information content (AvgIpc) is 2.47. The van der Waals surface area contributed by atoms with Crippen LogP contribution >= 0.6 is 11.6 Å². The van der Waals surface area contributed by atoms with Crippen molar-refractivity contribution < 1.29 is 9.13 Å². The zero-order valence-electron chi connectivity index (χ0n) is 11.1. The van der Waals surface area contributed by atoms with Gasteiger partial charge in [-0.3, -0.25) is 0 Å². The number of anilines is 1. The van der Waals surface area contributed by atoms with Crippen LogP contribution in [0.4, 0.5) is 10.1 Å². The van der Waals surface area contributed by atoms with Crippen LogP contribution < -0.4 is 10.1 Å². The molecule has 20 heavy (non-hydrogen) atoms. The highest BCUT2D eigenvalue weighted by Crippen LogP contribution is 2.20. The first-order valence-corrected chi connectivity index (χ1v) is 6.57. The largest absolute Gasteiger partial charge is 0.496 e. The van der Waals surface area contributed by atoms with E-state index in [0.29, 0.717) is 6.54 Å². The Morgan fingerprint density at radius 1 is 1.25 bits per heavy atom. The summed E-state index contributed by atoms with van der Waals surface area (Å²) in [4.78, 5) is 0. The third-order valence-corrected chi connectivity index (χ3v) is 3.07. The molecule has 2 aromatic carbocycles. The Morgan fingerprint density at radius 3 is 2.80 bits per heavy atom. The van der Waals surface area contributed by atoms with Gasteiger partial charge in [-0.05, 0) is 24.3 Å². The van der Waals surface area contributed by atoms with Crippen LogP contribution in [-0.2, 0) is 0 Å². The van der Waals surface area contributed by atoms with Gasteiger partial charge in [-0.1, -0.05) is 42.0 Å². The van der Waals surface area contributed by atoms with Crippen molar-refractivity contribution in [1.29, 1.82) is 0 Å². The summed E-state index contributed by atoms with van der Waals surface area (Å²) in [7, 11) is 1.64. The quantitative estimate of drug-likeness (QED) is 0.868. The zero-order valence-corrected chi connectivity index (χ0v) is 11.8. The first kappa shape index (κ1) is 14.4. The Hall–Kier alpha value is -2.00. The van der Waals surface area contributed by atoms with Gasteiger partial charge in [-0.2, -0.15) is 0 Å². The van der Waals surface area contributed by atoms with E-state index in [-0.39, 0.29) is 5.02 Å². The van der Waals surface area contributed by atoms with Gasteiger partial charge in [0.15, 0.2) is 0 Å². The normalized spacial score (nSPS) is 10.8. The maximum absolute atomic E-state index is 13.0. The van der Waals surface area contributed by atoms with Crippen LogP contribution in [0.25, 0.3) is 6.08 Å². The van der Waals surface area contributed by atoms with Gasteiger partial charge < -0.3 is 10.1 Å². The number of para-hydroxylation sites is 1. The molecule has 0 amide bonds. The molecule has 4 heteroatoms. The minimum Gasteiger partial charge on any atom is -0.496 e. The molecule has 0 fully saturated rings. The van der Waals surface area contributed by atoms with E-state index in [4.69, 9.17) is 16.3 Å². The van der Waals surface area contributed by atoms with E-state index in [1.165, 1.54) is 6.07 Å². The van der Waals surface area contributed by atoms with Gasteiger partial charge in [0.1, 0.15) is 11.6 Å². The monoisotopic (exact) mass is 291 g/mol. The summed E-state index contributed by atoms with van der Waals surface area (Å²) in [6, 6.07) is 12.3. The number of benzene rings is 2. The molecule has 0 unspecified atom stereocenters. The average molecular weight is 292 g/mol. The molecule has 0 saturated carbocycles. The second-order valence-electron chi connectivity index (χ2n) is 4.15. The molecule has 1 N–H and O–H groups in total. The SMILES string of the molecule is COc1ccccc1C=CCNc1ccc(F)c(Cl)c1. The number of rotatable bonds is 5. The number of ether oxygens (including phenoxy) is 1. The highest BCUT2D eigenvalue weighted by Gasteiger charge is 1.99. The van der Waals surface area contributed by atoms with Gasteiger partial charge in [0.25, 0.3) is 0 Å². The van der Waals surface area contributed by atoms with Crippen molar-refractivity contribution in [2.24, 2.45) is 0 Å². The Labute approximate surface area is 122 Å². The van der Waals surface area contributed by atoms with Gasteiger partial charge in [-0.15, -0.1) is 0 Å². The van der Waals surface area contributed by atoms with Crippen LogP contribution in [-0.4, -0.2) is 13.7 Å². The lowest BCUT2D eigenvalue weighted by Crippen LogP contribution is -1.98. The molecule has 0 atom stereocenters. The molecule has 2 aromatic rings. The summed E-state index contributed by atoms with van der Waals surface area (Å²) in [5.41, 5.74) is 1.79. The molecular formula is C16H15ClFNO. The fourth-order valence-electron chi connectivity index (χ4n) is 1.77. The lowest BCUT2D eigenvalue weighted by atomic mass is 10.2. The van der Waals surface area contributed by atoms with E-state index < -0.39 is 5.82 Å². The highest BCUT2D eigenvalue weighted by molar-refractivity contribution is 6.31. The molecule has 0 bridgehead atoms. The number of hydrogen-bond acceptors (Lipinski definition) is 2. The Bertz CT molecular complexity index is 613. The van der Waals surface area contributed by atoms with Crippen molar-refractivity contribution in [3.63, 3.8) is 0 Å². The molecule has 0 heterocycles. The van der Waals surface area contributed by atoms with Gasteiger partial charge in [0.05, 0.1) is 12.1 Å². The standard InChI is InChI=1S/C16H15ClFNO/c1-20-16-7-3-2-5-12(16)6-4-10-19-13-8-9-15(18)14(17)11-13/h2-9,11,19H,10H2,1H3. The van der Waals surface area contributed by atoms with Crippen molar-refractivity contribution in [2.75, 3.05) is 19.0 Å². The van der Waals surface area contributed by atoms with E-state index in [9.17, 15) is 4.39 Å². The number of methoxy groups -OCH3 is 1. The molecule has 0 saturated heterocycles. The number of hydrogen-bond donors (Lipinski definition) is 1. The van der Waals surface area contributed by atoms with Gasteiger partial charge >= 0.3 is 0 Å².